The van der Waals surface area contributed by atoms with E-state index in [0.29, 0.717) is 18.3 Å². The number of hydrogen-bond acceptors (Lipinski definition) is 4. The lowest BCUT2D eigenvalue weighted by Crippen LogP contribution is -2.56. The van der Waals surface area contributed by atoms with E-state index in [1.165, 1.54) is 5.56 Å². The van der Waals surface area contributed by atoms with Gasteiger partial charge in [0.15, 0.2) is 0 Å². The molecule has 0 spiro atoms. The summed E-state index contributed by atoms with van der Waals surface area (Å²) in [6.07, 6.45) is 1.42. The van der Waals surface area contributed by atoms with Crippen LogP contribution >= 0.6 is 0 Å². The average Bonchev–Trinajstić information content (AvgIpc) is 2.64. The van der Waals surface area contributed by atoms with Crippen LogP contribution in [-0.2, 0) is 21.4 Å². The molecule has 2 rings (SSSR count). The Kier molecular flexibility index (Phi) is 8.46. The fourth-order valence-electron chi connectivity index (χ4n) is 4.27. The highest BCUT2D eigenvalue weighted by molar-refractivity contribution is 7.89. The number of carbonyl (C=O) groups is 1. The van der Waals surface area contributed by atoms with E-state index in [-0.39, 0.29) is 24.2 Å². The smallest absolute Gasteiger partial charge is 0.237 e. The van der Waals surface area contributed by atoms with E-state index in [2.05, 4.69) is 47.7 Å². The number of rotatable bonds is 9. The summed E-state index contributed by atoms with van der Waals surface area (Å²) in [4.78, 5) is 16.8. The third-order valence-electron chi connectivity index (χ3n) is 5.56. The predicted molar refractivity (Wildman–Crippen MR) is 113 cm³/mol. The highest BCUT2D eigenvalue weighted by Gasteiger charge is 2.36. The van der Waals surface area contributed by atoms with Crippen LogP contribution in [0.1, 0.15) is 39.2 Å². The molecule has 0 saturated carbocycles. The van der Waals surface area contributed by atoms with E-state index in [4.69, 9.17) is 0 Å². The van der Waals surface area contributed by atoms with Crippen LogP contribution in [0.3, 0.4) is 0 Å². The van der Waals surface area contributed by atoms with Crippen LogP contribution in [-0.4, -0.2) is 62.6 Å². The Morgan fingerprint density at radius 3 is 2.36 bits per heavy atom. The number of unbranched alkanes of at least 4 members (excludes halogenated alkanes) is 1. The summed E-state index contributed by atoms with van der Waals surface area (Å²) in [5.41, 5.74) is 1.30. The van der Waals surface area contributed by atoms with Gasteiger partial charge < -0.3 is 4.90 Å². The van der Waals surface area contributed by atoms with Gasteiger partial charge in [-0.25, -0.2) is 13.1 Å². The number of carbonyl (C=O) groups excluding carboxylic acids is 1. The van der Waals surface area contributed by atoms with Crippen LogP contribution in [0.4, 0.5) is 0 Å². The fourth-order valence-corrected chi connectivity index (χ4v) is 5.43. The van der Waals surface area contributed by atoms with Crippen molar-refractivity contribution in [3.05, 3.63) is 35.9 Å². The van der Waals surface area contributed by atoms with Crippen LogP contribution in [0.15, 0.2) is 30.3 Å². The minimum atomic E-state index is -3.38. The van der Waals surface area contributed by atoms with E-state index in [1.54, 1.807) is 11.9 Å². The summed E-state index contributed by atoms with van der Waals surface area (Å²) < 4.78 is 26.4. The van der Waals surface area contributed by atoms with Gasteiger partial charge in [-0.15, -0.1) is 0 Å². The number of amides is 1. The van der Waals surface area contributed by atoms with Crippen molar-refractivity contribution in [1.29, 1.82) is 0 Å². The molecule has 1 aromatic rings. The van der Waals surface area contributed by atoms with Crippen molar-refractivity contribution in [3.63, 3.8) is 0 Å². The first-order valence-electron chi connectivity index (χ1n) is 10.2. The van der Waals surface area contributed by atoms with Crippen molar-refractivity contribution < 1.29 is 13.2 Å². The van der Waals surface area contributed by atoms with Crippen molar-refractivity contribution in [2.45, 2.75) is 46.2 Å². The quantitative estimate of drug-likeness (QED) is 0.680. The Morgan fingerprint density at radius 2 is 1.79 bits per heavy atom. The Labute approximate surface area is 170 Å². The minimum Gasteiger partial charge on any atom is -0.341 e. The average molecular weight is 410 g/mol. The summed E-state index contributed by atoms with van der Waals surface area (Å²) in [7, 11) is -1.58. The van der Waals surface area contributed by atoms with Crippen molar-refractivity contribution in [3.8, 4) is 0 Å². The van der Waals surface area contributed by atoms with E-state index in [9.17, 15) is 13.2 Å². The standard InChI is InChI=1S/C21H35N3O3S/c1-5-6-12-28(26,27)22-13-20(25)23(4)21-17(2)14-24(15-18(21)3)16-19-10-8-7-9-11-19/h7-11,17-18,21-22H,5-6,12-16H2,1-4H3/t17-,18-/m1/s1. The normalized spacial score (nSPS) is 21.6. The van der Waals surface area contributed by atoms with Gasteiger partial charge in [-0.05, 0) is 23.8 Å². The largest absolute Gasteiger partial charge is 0.341 e. The number of benzene rings is 1. The molecule has 0 unspecified atom stereocenters. The van der Waals surface area contributed by atoms with Gasteiger partial charge in [-0.1, -0.05) is 57.5 Å². The lowest BCUT2D eigenvalue weighted by Gasteiger charge is -2.45. The number of nitrogens with zero attached hydrogens (tertiary/aromatic N) is 2. The molecule has 6 nitrogen and oxygen atoms in total. The molecule has 1 aromatic carbocycles. The molecule has 2 atom stereocenters. The van der Waals surface area contributed by atoms with Gasteiger partial charge in [0.2, 0.25) is 15.9 Å². The first-order valence-corrected chi connectivity index (χ1v) is 11.9. The minimum absolute atomic E-state index is 0.0746. The molecule has 7 heteroatoms. The number of likely N-dealkylation sites (tertiary alicyclic amines) is 1. The molecular formula is C21H35N3O3S. The fraction of sp³-hybridized carbons (Fsp3) is 0.667. The second-order valence-electron chi connectivity index (χ2n) is 8.12. The van der Waals surface area contributed by atoms with Crippen molar-refractivity contribution in [2.24, 2.45) is 11.8 Å². The number of nitrogens with one attached hydrogen (secondary N) is 1. The van der Waals surface area contributed by atoms with Gasteiger partial charge in [-0.3, -0.25) is 9.69 Å². The molecular weight excluding hydrogens is 374 g/mol. The van der Waals surface area contributed by atoms with Crippen molar-refractivity contribution in [1.82, 2.24) is 14.5 Å². The topological polar surface area (TPSA) is 69.7 Å². The second-order valence-corrected chi connectivity index (χ2v) is 10.0. The summed E-state index contributed by atoms with van der Waals surface area (Å²) in [6.45, 7) is 8.89. The van der Waals surface area contributed by atoms with Crippen LogP contribution in [0.5, 0.6) is 0 Å². The Morgan fingerprint density at radius 1 is 1.18 bits per heavy atom. The lowest BCUT2D eigenvalue weighted by molar-refractivity contribution is -0.134. The highest BCUT2D eigenvalue weighted by Crippen LogP contribution is 2.27. The van der Waals surface area contributed by atoms with Crippen molar-refractivity contribution in [2.75, 3.05) is 32.4 Å². The second kappa shape index (κ2) is 10.4. The highest BCUT2D eigenvalue weighted by atomic mass is 32.2. The molecule has 1 aliphatic rings. The zero-order valence-electron chi connectivity index (χ0n) is 17.6. The molecule has 1 fully saturated rings. The molecule has 158 valence electrons. The molecule has 1 N–H and O–H groups in total. The summed E-state index contributed by atoms with van der Waals surface area (Å²) in [5.74, 6) is 0.544. The van der Waals surface area contributed by atoms with Crippen LogP contribution < -0.4 is 4.72 Å². The molecule has 0 bridgehead atoms. The zero-order valence-corrected chi connectivity index (χ0v) is 18.4. The zero-order chi connectivity index (χ0) is 20.7. The van der Waals surface area contributed by atoms with E-state index < -0.39 is 10.0 Å². The lowest BCUT2D eigenvalue weighted by atomic mass is 9.84. The number of likely N-dealkylation sites (N-methyl/N-ethyl adjacent to an activating group) is 1. The van der Waals surface area contributed by atoms with Crippen molar-refractivity contribution >= 4 is 15.9 Å². The molecule has 1 amide bonds. The molecule has 0 aliphatic carbocycles. The van der Waals surface area contributed by atoms with Gasteiger partial charge in [0.25, 0.3) is 0 Å². The number of hydrogen-bond donors (Lipinski definition) is 1. The van der Waals surface area contributed by atoms with E-state index in [1.807, 2.05) is 13.0 Å². The Hall–Kier alpha value is -1.44. The van der Waals surface area contributed by atoms with Gasteiger partial charge in [0.1, 0.15) is 0 Å². The van der Waals surface area contributed by atoms with Crippen LogP contribution in [0.25, 0.3) is 0 Å². The number of sulfonamides is 1. The third-order valence-corrected chi connectivity index (χ3v) is 6.97. The molecule has 28 heavy (non-hydrogen) atoms. The van der Waals surface area contributed by atoms with E-state index in [0.717, 1.165) is 26.1 Å². The molecule has 0 aromatic heterocycles. The monoisotopic (exact) mass is 409 g/mol. The first kappa shape index (κ1) is 22.8. The maximum absolute atomic E-state index is 12.6. The maximum Gasteiger partial charge on any atom is 0.237 e. The third kappa shape index (κ3) is 6.57. The maximum atomic E-state index is 12.6. The van der Waals surface area contributed by atoms with Crippen LogP contribution in [0, 0.1) is 11.8 Å². The molecule has 1 saturated heterocycles. The summed E-state index contributed by atoms with van der Waals surface area (Å²) >= 11 is 0. The summed E-state index contributed by atoms with van der Waals surface area (Å²) in [5, 5.41) is 0. The van der Waals surface area contributed by atoms with Gasteiger partial charge in [0, 0.05) is 32.7 Å². The van der Waals surface area contributed by atoms with Gasteiger partial charge in [-0.2, -0.15) is 0 Å². The SMILES string of the molecule is CCCCS(=O)(=O)NCC(=O)N(C)C1[C@H](C)CN(Cc2ccccc2)C[C@H]1C. The molecule has 0 radical (unpaired) electrons. The Balaban J connectivity index is 1.91. The molecule has 1 heterocycles. The first-order chi connectivity index (χ1) is 13.2. The van der Waals surface area contributed by atoms with E-state index >= 15 is 0 Å². The Bertz CT molecular complexity index is 712. The molecule has 1 aliphatic heterocycles. The number of piperidine rings is 1. The van der Waals surface area contributed by atoms with Gasteiger partial charge >= 0.3 is 0 Å². The predicted octanol–water partition coefficient (Wildman–Crippen LogP) is 2.32. The summed E-state index contributed by atoms with van der Waals surface area (Å²) in [6, 6.07) is 10.5. The van der Waals surface area contributed by atoms with Gasteiger partial charge in [0.05, 0.1) is 12.3 Å². The van der Waals surface area contributed by atoms with Crippen LogP contribution in [0.2, 0.25) is 0 Å².